The van der Waals surface area contributed by atoms with E-state index in [1.165, 1.54) is 5.69 Å². The average molecular weight is 364 g/mol. The number of hydrogen-bond donors (Lipinski definition) is 0. The highest BCUT2D eigenvalue weighted by atomic mass is 35.5. The molecule has 7 heteroatoms. The topological polar surface area (TPSA) is 35.5 Å². The van der Waals surface area contributed by atoms with Crippen molar-refractivity contribution in [1.29, 1.82) is 0 Å². The molecule has 0 bridgehead atoms. The van der Waals surface area contributed by atoms with E-state index in [2.05, 4.69) is 63.0 Å². The molecule has 2 aromatic rings. The number of halogens is 1. The van der Waals surface area contributed by atoms with E-state index in [0.29, 0.717) is 11.1 Å². The fraction of sp³-hybridized carbons (Fsp3) is 0.412. The molecule has 0 amide bonds. The zero-order valence-corrected chi connectivity index (χ0v) is 15.8. The minimum absolute atomic E-state index is 0.155. The maximum atomic E-state index is 6.30. The number of benzene rings is 1. The summed E-state index contributed by atoms with van der Waals surface area (Å²) in [6.07, 6.45) is 3.95. The largest absolute Gasteiger partial charge is 0.353 e. The molecule has 1 unspecified atom stereocenters. The van der Waals surface area contributed by atoms with Crippen LogP contribution in [0.4, 0.5) is 11.6 Å². The Balaban J connectivity index is 1.91. The summed E-state index contributed by atoms with van der Waals surface area (Å²) in [4.78, 5) is 16.8. The molecule has 128 valence electrons. The van der Waals surface area contributed by atoms with Gasteiger partial charge in [-0.05, 0) is 25.4 Å². The lowest BCUT2D eigenvalue weighted by molar-refractivity contribution is 0.263. The molecule has 0 N–H and O–H groups in total. The van der Waals surface area contributed by atoms with Gasteiger partial charge >= 0.3 is 0 Å². The Kier molecular flexibility index (Phi) is 5.48. The smallest absolute Gasteiger partial charge is 0.228 e. The van der Waals surface area contributed by atoms with Crippen LogP contribution in [0, 0.1) is 0 Å². The molecule has 0 saturated carbocycles. The summed E-state index contributed by atoms with van der Waals surface area (Å²) in [6.45, 7) is 2.76. The number of thioether (sulfide) groups is 1. The van der Waals surface area contributed by atoms with Crippen LogP contribution < -0.4 is 9.80 Å². The Hall–Kier alpha value is -1.50. The van der Waals surface area contributed by atoms with E-state index < -0.39 is 0 Å². The predicted octanol–water partition coefficient (Wildman–Crippen LogP) is 3.07. The van der Waals surface area contributed by atoms with E-state index in [9.17, 15) is 0 Å². The van der Waals surface area contributed by atoms with Gasteiger partial charge in [-0.1, -0.05) is 29.8 Å². The SMILES string of the molecule is CSc1cnc(N2CCN(C)CC2N(C)c2ccccc2)nc1Cl. The van der Waals surface area contributed by atoms with Crippen LogP contribution in [0.2, 0.25) is 5.15 Å². The molecule has 1 aromatic heterocycles. The van der Waals surface area contributed by atoms with Crippen molar-refractivity contribution in [1.82, 2.24) is 14.9 Å². The lowest BCUT2D eigenvalue weighted by Gasteiger charge is -2.45. The third-order valence-corrected chi connectivity index (χ3v) is 5.48. The Bertz CT molecular complexity index is 684. The zero-order valence-electron chi connectivity index (χ0n) is 14.2. The van der Waals surface area contributed by atoms with Crippen molar-refractivity contribution in [3.8, 4) is 0 Å². The van der Waals surface area contributed by atoms with Crippen molar-refractivity contribution in [3.05, 3.63) is 41.7 Å². The molecule has 1 aliphatic heterocycles. The van der Waals surface area contributed by atoms with Crippen LogP contribution in [-0.4, -0.2) is 61.0 Å². The first-order valence-corrected chi connectivity index (χ1v) is 9.50. The highest BCUT2D eigenvalue weighted by Crippen LogP contribution is 2.27. The molecule has 0 aliphatic carbocycles. The second kappa shape index (κ2) is 7.59. The van der Waals surface area contributed by atoms with Crippen molar-refractivity contribution in [2.45, 2.75) is 11.1 Å². The van der Waals surface area contributed by atoms with Gasteiger partial charge in [-0.15, -0.1) is 11.8 Å². The highest BCUT2D eigenvalue weighted by molar-refractivity contribution is 7.98. The number of aromatic nitrogens is 2. The first-order valence-electron chi connectivity index (χ1n) is 7.89. The summed E-state index contributed by atoms with van der Waals surface area (Å²) in [7, 11) is 4.26. The number of piperazine rings is 1. The van der Waals surface area contributed by atoms with Crippen LogP contribution in [-0.2, 0) is 0 Å². The fourth-order valence-corrected chi connectivity index (χ4v) is 3.64. The maximum Gasteiger partial charge on any atom is 0.228 e. The van der Waals surface area contributed by atoms with Crippen LogP contribution in [0.25, 0.3) is 0 Å². The average Bonchev–Trinajstić information content (AvgIpc) is 2.61. The number of likely N-dealkylation sites (N-methyl/N-ethyl adjacent to an activating group) is 2. The van der Waals surface area contributed by atoms with Gasteiger partial charge in [0.15, 0.2) is 0 Å². The molecule has 0 spiro atoms. The Morgan fingerprint density at radius 2 is 2.00 bits per heavy atom. The van der Waals surface area contributed by atoms with Crippen LogP contribution >= 0.6 is 23.4 Å². The molecule has 1 fully saturated rings. The molecule has 1 atom stereocenters. The third kappa shape index (κ3) is 3.61. The predicted molar refractivity (Wildman–Crippen MR) is 102 cm³/mol. The second-order valence-corrected chi connectivity index (χ2v) is 7.12. The van der Waals surface area contributed by atoms with Crippen molar-refractivity contribution in [3.63, 3.8) is 0 Å². The zero-order chi connectivity index (χ0) is 17.1. The summed E-state index contributed by atoms with van der Waals surface area (Å²) < 4.78 is 0. The number of nitrogens with zero attached hydrogens (tertiary/aromatic N) is 5. The van der Waals surface area contributed by atoms with Gasteiger partial charge in [-0.2, -0.15) is 4.98 Å². The maximum absolute atomic E-state index is 6.30. The monoisotopic (exact) mass is 363 g/mol. The lowest BCUT2D eigenvalue weighted by Crippen LogP contribution is -2.59. The summed E-state index contributed by atoms with van der Waals surface area (Å²) >= 11 is 7.86. The van der Waals surface area contributed by atoms with E-state index in [1.807, 2.05) is 18.5 Å². The molecular formula is C17H22ClN5S. The third-order valence-electron chi connectivity index (χ3n) is 4.34. The molecule has 0 radical (unpaired) electrons. The Morgan fingerprint density at radius 3 is 2.67 bits per heavy atom. The van der Waals surface area contributed by atoms with Crippen LogP contribution in [0.1, 0.15) is 0 Å². The van der Waals surface area contributed by atoms with Gasteiger partial charge in [0, 0.05) is 38.6 Å². The molecule has 24 heavy (non-hydrogen) atoms. The molecule has 1 saturated heterocycles. The van der Waals surface area contributed by atoms with E-state index in [0.717, 1.165) is 24.5 Å². The lowest BCUT2D eigenvalue weighted by atomic mass is 10.2. The number of anilines is 2. The number of rotatable bonds is 4. The highest BCUT2D eigenvalue weighted by Gasteiger charge is 2.30. The second-order valence-electron chi connectivity index (χ2n) is 5.91. The summed E-state index contributed by atoms with van der Waals surface area (Å²) in [5.41, 5.74) is 1.18. The molecular weight excluding hydrogens is 342 g/mol. The van der Waals surface area contributed by atoms with E-state index in [1.54, 1.807) is 11.8 Å². The van der Waals surface area contributed by atoms with Gasteiger partial charge in [-0.3, -0.25) is 0 Å². The standard InChI is InChI=1S/C17H22ClN5S/c1-21-9-10-23(17-19-11-14(24-3)16(18)20-17)15(12-21)22(2)13-7-5-4-6-8-13/h4-8,11,15H,9-10,12H2,1-3H3. The number of hydrogen-bond acceptors (Lipinski definition) is 6. The van der Waals surface area contributed by atoms with Crippen molar-refractivity contribution in [2.75, 3.05) is 49.8 Å². The minimum atomic E-state index is 0.155. The van der Waals surface area contributed by atoms with Gasteiger partial charge < -0.3 is 14.7 Å². The van der Waals surface area contributed by atoms with E-state index in [-0.39, 0.29) is 6.17 Å². The van der Waals surface area contributed by atoms with Gasteiger partial charge in [-0.25, -0.2) is 4.98 Å². The van der Waals surface area contributed by atoms with Crippen molar-refractivity contribution in [2.24, 2.45) is 0 Å². The summed E-state index contributed by atoms with van der Waals surface area (Å²) in [5, 5.41) is 0.521. The quantitative estimate of drug-likeness (QED) is 0.613. The van der Waals surface area contributed by atoms with Crippen LogP contribution in [0.15, 0.2) is 41.4 Å². The molecule has 1 aromatic carbocycles. The first-order chi connectivity index (χ1) is 11.6. The minimum Gasteiger partial charge on any atom is -0.353 e. The number of para-hydroxylation sites is 1. The van der Waals surface area contributed by atoms with Crippen molar-refractivity contribution < 1.29 is 0 Å². The molecule has 3 rings (SSSR count). The van der Waals surface area contributed by atoms with Crippen molar-refractivity contribution >= 4 is 35.0 Å². The van der Waals surface area contributed by atoms with Gasteiger partial charge in [0.25, 0.3) is 0 Å². The Morgan fingerprint density at radius 1 is 1.25 bits per heavy atom. The van der Waals surface area contributed by atoms with Gasteiger partial charge in [0.2, 0.25) is 5.95 Å². The normalized spacial score (nSPS) is 18.7. The van der Waals surface area contributed by atoms with Gasteiger partial charge in [0.05, 0.1) is 4.90 Å². The van der Waals surface area contributed by atoms with Crippen LogP contribution in [0.5, 0.6) is 0 Å². The first kappa shape index (κ1) is 17.3. The van der Waals surface area contributed by atoms with E-state index in [4.69, 9.17) is 11.6 Å². The molecule has 2 heterocycles. The van der Waals surface area contributed by atoms with Gasteiger partial charge in [0.1, 0.15) is 11.3 Å². The Labute approximate surface area is 152 Å². The summed E-state index contributed by atoms with van der Waals surface area (Å²) in [6, 6.07) is 10.4. The summed E-state index contributed by atoms with van der Waals surface area (Å²) in [5.74, 6) is 0.693. The molecule has 1 aliphatic rings. The fourth-order valence-electron chi connectivity index (χ4n) is 2.91. The molecule has 5 nitrogen and oxygen atoms in total. The van der Waals surface area contributed by atoms with E-state index >= 15 is 0 Å². The van der Waals surface area contributed by atoms with Crippen LogP contribution in [0.3, 0.4) is 0 Å².